The van der Waals surface area contributed by atoms with Gasteiger partial charge in [0.1, 0.15) is 0 Å². The molecular weight excluding hydrogens is 420 g/mol. The summed E-state index contributed by atoms with van der Waals surface area (Å²) in [6.45, 7) is 14.3. The fraction of sp³-hybridized carbons (Fsp3) is 0.654. The van der Waals surface area contributed by atoms with Gasteiger partial charge in [0.2, 0.25) is 0 Å². The summed E-state index contributed by atoms with van der Waals surface area (Å²) in [6.07, 6.45) is 5.87. The second-order valence-corrected chi connectivity index (χ2v) is 13.7. The lowest BCUT2D eigenvalue weighted by Gasteiger charge is -2.59. The smallest absolute Gasteiger partial charge is 0.276 e. The lowest BCUT2D eigenvalue weighted by molar-refractivity contribution is -0.114. The van der Waals surface area contributed by atoms with Crippen molar-refractivity contribution in [3.63, 3.8) is 0 Å². The number of hydrogen-bond donors (Lipinski definition) is 1. The highest BCUT2D eigenvalue weighted by atomic mass is 32.2. The van der Waals surface area contributed by atoms with Gasteiger partial charge in [0.15, 0.2) is 0 Å². The topological polar surface area (TPSA) is 67.8 Å². The Morgan fingerprint density at radius 1 is 0.938 bits per heavy atom. The van der Waals surface area contributed by atoms with Crippen LogP contribution in [0.2, 0.25) is 0 Å². The van der Waals surface area contributed by atoms with Gasteiger partial charge in [0.25, 0.3) is 10.0 Å². The van der Waals surface area contributed by atoms with Gasteiger partial charge in [-0.05, 0) is 73.8 Å². The van der Waals surface area contributed by atoms with E-state index in [1.807, 2.05) is 0 Å². The van der Waals surface area contributed by atoms with Crippen LogP contribution in [0.4, 0.5) is 0 Å². The molecule has 2 atom stereocenters. The van der Waals surface area contributed by atoms with E-state index in [4.69, 9.17) is 4.74 Å². The maximum absolute atomic E-state index is 12.9. The monoisotopic (exact) mass is 458 g/mol. The minimum absolute atomic E-state index is 0.0285. The van der Waals surface area contributed by atoms with E-state index in [9.17, 15) is 8.42 Å². The molecule has 32 heavy (non-hydrogen) atoms. The summed E-state index contributed by atoms with van der Waals surface area (Å²) < 4.78 is 32.4. The molecular formula is C26H38N2O3S. The van der Waals surface area contributed by atoms with Crippen LogP contribution in [0.15, 0.2) is 51.5 Å². The van der Waals surface area contributed by atoms with Crippen molar-refractivity contribution in [2.75, 3.05) is 6.61 Å². The third-order valence-electron chi connectivity index (χ3n) is 7.23. The van der Waals surface area contributed by atoms with Gasteiger partial charge in [-0.2, -0.15) is 18.4 Å². The third-order valence-corrected chi connectivity index (χ3v) is 8.46. The van der Waals surface area contributed by atoms with Gasteiger partial charge in [0.05, 0.1) is 16.2 Å². The highest BCUT2D eigenvalue weighted by molar-refractivity contribution is 7.89. The molecule has 6 heteroatoms. The van der Waals surface area contributed by atoms with E-state index in [1.54, 1.807) is 30.3 Å². The van der Waals surface area contributed by atoms with Gasteiger partial charge in [0, 0.05) is 12.2 Å². The minimum Gasteiger partial charge on any atom is -0.370 e. The predicted octanol–water partition coefficient (Wildman–Crippen LogP) is 5.83. The second kappa shape index (κ2) is 7.69. The number of rotatable bonds is 5. The van der Waals surface area contributed by atoms with E-state index in [-0.39, 0.29) is 21.1 Å². The highest BCUT2D eigenvalue weighted by Crippen LogP contribution is 2.62. The summed E-state index contributed by atoms with van der Waals surface area (Å²) in [7, 11) is -3.72. The molecule has 0 aliphatic heterocycles. The van der Waals surface area contributed by atoms with E-state index in [2.05, 4.69) is 51.5 Å². The number of allylic oxidation sites excluding steroid dienone is 1. The van der Waals surface area contributed by atoms with E-state index < -0.39 is 15.6 Å². The molecule has 0 saturated heterocycles. The van der Waals surface area contributed by atoms with Crippen LogP contribution in [0, 0.1) is 16.2 Å². The Balaban J connectivity index is 1.81. The SMILES string of the molecule is CCOC12CC(C)(C)CC(C)(CC3=C1/C(=N\NS(=O)(=O)c1ccccc1)CC(C)(C)C3)C2. The molecule has 1 N–H and O–H groups in total. The average Bonchev–Trinajstić information content (AvgIpc) is 2.63. The first-order valence-corrected chi connectivity index (χ1v) is 13.3. The van der Waals surface area contributed by atoms with Crippen LogP contribution < -0.4 is 4.83 Å². The molecule has 1 aromatic rings. The van der Waals surface area contributed by atoms with Crippen LogP contribution in [0.1, 0.15) is 80.1 Å². The van der Waals surface area contributed by atoms with Gasteiger partial charge < -0.3 is 4.74 Å². The molecule has 4 rings (SSSR count). The molecule has 0 radical (unpaired) electrons. The average molecular weight is 459 g/mol. The van der Waals surface area contributed by atoms with E-state index >= 15 is 0 Å². The Kier molecular flexibility index (Phi) is 5.65. The van der Waals surface area contributed by atoms with Crippen molar-refractivity contribution in [1.29, 1.82) is 0 Å². The summed E-state index contributed by atoms with van der Waals surface area (Å²) >= 11 is 0. The number of fused-ring (bicyclic) bond motifs is 3. The first-order valence-electron chi connectivity index (χ1n) is 11.8. The molecule has 2 unspecified atom stereocenters. The second-order valence-electron chi connectivity index (χ2n) is 12.1. The maximum atomic E-state index is 12.9. The fourth-order valence-electron chi connectivity index (χ4n) is 7.15. The fourth-order valence-corrected chi connectivity index (χ4v) is 8.00. The molecule has 0 spiro atoms. The molecule has 2 bridgehead atoms. The Morgan fingerprint density at radius 3 is 2.28 bits per heavy atom. The summed E-state index contributed by atoms with van der Waals surface area (Å²) in [4.78, 5) is 2.77. The predicted molar refractivity (Wildman–Crippen MR) is 129 cm³/mol. The van der Waals surface area contributed by atoms with Crippen LogP contribution in [-0.4, -0.2) is 26.3 Å². The van der Waals surface area contributed by atoms with Gasteiger partial charge in [-0.3, -0.25) is 0 Å². The quantitative estimate of drug-likeness (QED) is 0.564. The summed E-state index contributed by atoms with van der Waals surface area (Å²) in [6, 6.07) is 8.44. The maximum Gasteiger partial charge on any atom is 0.276 e. The van der Waals surface area contributed by atoms with Crippen molar-refractivity contribution in [3.05, 3.63) is 41.5 Å². The largest absolute Gasteiger partial charge is 0.370 e. The van der Waals surface area contributed by atoms with E-state index in [0.717, 1.165) is 37.8 Å². The minimum atomic E-state index is -3.72. The van der Waals surface area contributed by atoms with Crippen LogP contribution in [0.25, 0.3) is 0 Å². The summed E-state index contributed by atoms with van der Waals surface area (Å²) in [5.41, 5.74) is 3.42. The molecule has 3 aliphatic carbocycles. The van der Waals surface area contributed by atoms with Gasteiger partial charge in [-0.1, -0.05) is 58.4 Å². The number of nitrogens with one attached hydrogen (secondary N) is 1. The molecule has 5 nitrogen and oxygen atoms in total. The van der Waals surface area contributed by atoms with E-state index in [0.29, 0.717) is 6.61 Å². The Hall–Kier alpha value is -1.66. The number of nitrogens with zero attached hydrogens (tertiary/aromatic N) is 1. The number of benzene rings is 1. The molecule has 1 saturated carbocycles. The molecule has 1 fully saturated rings. The molecule has 0 heterocycles. The highest BCUT2D eigenvalue weighted by Gasteiger charge is 2.57. The van der Waals surface area contributed by atoms with Crippen molar-refractivity contribution in [3.8, 4) is 0 Å². The normalized spacial score (nSPS) is 32.5. The lowest BCUT2D eigenvalue weighted by atomic mass is 9.49. The van der Waals surface area contributed by atoms with Crippen LogP contribution in [0.3, 0.4) is 0 Å². The number of ether oxygens (including phenoxy) is 1. The van der Waals surface area contributed by atoms with Crippen molar-refractivity contribution in [2.45, 2.75) is 90.6 Å². The first kappa shape index (κ1) is 23.5. The standard InChI is InChI=1S/C26H38N2O3S/c1-7-31-26-17-24(4,5)16-25(6,18-26)14-19-13-23(2,3)15-21(22(19)26)27-28-32(29,30)20-11-9-8-10-12-20/h8-12,28H,7,13-18H2,1-6H3/b27-21-. The zero-order valence-corrected chi connectivity index (χ0v) is 21.2. The molecule has 3 aliphatic rings. The van der Waals surface area contributed by atoms with Crippen molar-refractivity contribution in [1.82, 2.24) is 4.83 Å². The van der Waals surface area contributed by atoms with Crippen molar-refractivity contribution >= 4 is 15.7 Å². The molecule has 0 amide bonds. The Bertz CT molecular complexity index is 1060. The summed E-state index contributed by atoms with van der Waals surface area (Å²) in [5, 5.41) is 4.60. The van der Waals surface area contributed by atoms with Crippen LogP contribution >= 0.6 is 0 Å². The first-order chi connectivity index (χ1) is 14.8. The van der Waals surface area contributed by atoms with E-state index in [1.165, 1.54) is 17.6 Å². The number of hydrogen-bond acceptors (Lipinski definition) is 4. The zero-order valence-electron chi connectivity index (χ0n) is 20.4. The molecule has 176 valence electrons. The zero-order chi connectivity index (χ0) is 23.4. The number of sulfonamides is 1. The third kappa shape index (κ3) is 4.41. The molecule has 0 aromatic heterocycles. The Morgan fingerprint density at radius 2 is 1.62 bits per heavy atom. The van der Waals surface area contributed by atoms with Crippen molar-refractivity contribution in [2.24, 2.45) is 21.3 Å². The lowest BCUT2D eigenvalue weighted by Crippen LogP contribution is -2.56. The number of hydrazone groups is 1. The van der Waals surface area contributed by atoms with Crippen molar-refractivity contribution < 1.29 is 13.2 Å². The van der Waals surface area contributed by atoms with Crippen LogP contribution in [-0.2, 0) is 14.8 Å². The van der Waals surface area contributed by atoms with Gasteiger partial charge >= 0.3 is 0 Å². The molecule has 1 aromatic carbocycles. The summed E-state index contributed by atoms with van der Waals surface area (Å²) in [5.74, 6) is 0. The Labute approximate surface area is 193 Å². The van der Waals surface area contributed by atoms with Gasteiger partial charge in [-0.25, -0.2) is 0 Å². The van der Waals surface area contributed by atoms with Gasteiger partial charge in [-0.15, -0.1) is 0 Å². The van der Waals surface area contributed by atoms with Crippen LogP contribution in [0.5, 0.6) is 0 Å².